The van der Waals surface area contributed by atoms with Crippen LogP contribution in [0.1, 0.15) is 50.2 Å². The third-order valence-corrected chi connectivity index (χ3v) is 5.80. The minimum Gasteiger partial charge on any atom is -0.395 e. The Bertz CT molecular complexity index is 669. The van der Waals surface area contributed by atoms with Crippen LogP contribution in [0, 0.1) is 0 Å². The van der Waals surface area contributed by atoms with Gasteiger partial charge in [0, 0.05) is 37.7 Å². The maximum Gasteiger partial charge on any atom is 0.248 e. The molecule has 5 nitrogen and oxygen atoms in total. The van der Waals surface area contributed by atoms with E-state index in [0.717, 1.165) is 6.42 Å². The van der Waals surface area contributed by atoms with Gasteiger partial charge in [0.2, 0.25) is 5.91 Å². The van der Waals surface area contributed by atoms with E-state index in [1.165, 1.54) is 29.5 Å². The zero-order chi connectivity index (χ0) is 19.4. The average molecular weight is 373 g/mol. The number of rotatable bonds is 8. The van der Waals surface area contributed by atoms with Crippen molar-refractivity contribution in [1.29, 1.82) is 0 Å². The van der Waals surface area contributed by atoms with Gasteiger partial charge in [-0.05, 0) is 49.8 Å². The van der Waals surface area contributed by atoms with E-state index in [1.807, 2.05) is 18.7 Å². The predicted octanol–water partition coefficient (Wildman–Crippen LogP) is 2.55. The summed E-state index contributed by atoms with van der Waals surface area (Å²) in [5, 5.41) is 13.2. The van der Waals surface area contributed by atoms with Gasteiger partial charge in [-0.1, -0.05) is 30.3 Å². The summed E-state index contributed by atoms with van der Waals surface area (Å²) in [4.78, 5) is 14.2. The van der Waals surface area contributed by atoms with Crippen molar-refractivity contribution in [2.45, 2.75) is 57.2 Å². The SMILES string of the molecule is COCC(=O)N(C[C@H]1N[C@@H](CO)[C@@H]1c1ccc(C2=CCCC2)cc1)C(C)C. The molecule has 1 aliphatic carbocycles. The molecule has 5 heteroatoms. The molecule has 0 aromatic heterocycles. The minimum absolute atomic E-state index is 0.00372. The van der Waals surface area contributed by atoms with Crippen molar-refractivity contribution in [2.24, 2.45) is 0 Å². The predicted molar refractivity (Wildman–Crippen MR) is 108 cm³/mol. The van der Waals surface area contributed by atoms with Gasteiger partial charge in [-0.25, -0.2) is 0 Å². The molecule has 2 N–H and O–H groups in total. The molecule has 3 atom stereocenters. The number of amides is 1. The van der Waals surface area contributed by atoms with Crippen LogP contribution in [-0.4, -0.2) is 60.9 Å². The van der Waals surface area contributed by atoms with Crippen LogP contribution < -0.4 is 5.32 Å². The molecule has 1 aromatic carbocycles. The van der Waals surface area contributed by atoms with E-state index in [-0.39, 0.29) is 43.2 Å². The van der Waals surface area contributed by atoms with Crippen molar-refractivity contribution < 1.29 is 14.6 Å². The molecular weight excluding hydrogens is 340 g/mol. The zero-order valence-corrected chi connectivity index (χ0v) is 16.6. The normalized spacial score (nSPS) is 24.6. The van der Waals surface area contributed by atoms with Gasteiger partial charge >= 0.3 is 0 Å². The Kier molecular flexibility index (Phi) is 6.68. The van der Waals surface area contributed by atoms with Crippen LogP contribution in [0.5, 0.6) is 0 Å². The van der Waals surface area contributed by atoms with Crippen molar-refractivity contribution in [2.75, 3.05) is 26.9 Å². The molecular formula is C22H32N2O3. The first kappa shape index (κ1) is 20.1. The maximum atomic E-state index is 12.4. The fraction of sp³-hybridized carbons (Fsp3) is 0.591. The van der Waals surface area contributed by atoms with Crippen LogP contribution in [0.25, 0.3) is 5.57 Å². The van der Waals surface area contributed by atoms with E-state index in [0.29, 0.717) is 6.54 Å². The van der Waals surface area contributed by atoms with E-state index in [4.69, 9.17) is 4.74 Å². The molecule has 3 rings (SSSR count). The Labute approximate surface area is 162 Å². The lowest BCUT2D eigenvalue weighted by Gasteiger charge is -2.48. The number of aliphatic hydroxyl groups is 1. The third-order valence-electron chi connectivity index (χ3n) is 5.80. The molecule has 0 bridgehead atoms. The minimum atomic E-state index is 0.00372. The van der Waals surface area contributed by atoms with Crippen LogP contribution in [0.3, 0.4) is 0 Å². The summed E-state index contributed by atoms with van der Waals surface area (Å²) in [6.07, 6.45) is 5.93. The van der Waals surface area contributed by atoms with Crippen LogP contribution in [0.15, 0.2) is 30.3 Å². The lowest BCUT2D eigenvalue weighted by molar-refractivity contribution is -0.138. The van der Waals surface area contributed by atoms with Crippen LogP contribution in [0.2, 0.25) is 0 Å². The quantitative estimate of drug-likeness (QED) is 0.736. The molecule has 1 fully saturated rings. The summed E-state index contributed by atoms with van der Waals surface area (Å²) in [6.45, 7) is 4.86. The molecule has 1 heterocycles. The second-order valence-corrected chi connectivity index (χ2v) is 7.90. The zero-order valence-electron chi connectivity index (χ0n) is 16.6. The van der Waals surface area contributed by atoms with E-state index < -0.39 is 0 Å². The molecule has 0 radical (unpaired) electrons. The van der Waals surface area contributed by atoms with Gasteiger partial charge in [-0.2, -0.15) is 0 Å². The highest BCUT2D eigenvalue weighted by Gasteiger charge is 2.42. The summed E-state index contributed by atoms with van der Waals surface area (Å²) >= 11 is 0. The number of allylic oxidation sites excluding steroid dienone is 2. The number of carbonyl (C=O) groups is 1. The molecule has 27 heavy (non-hydrogen) atoms. The van der Waals surface area contributed by atoms with E-state index >= 15 is 0 Å². The Morgan fingerprint density at radius 1 is 1.30 bits per heavy atom. The van der Waals surface area contributed by atoms with Crippen LogP contribution >= 0.6 is 0 Å². The number of carbonyl (C=O) groups excluding carboxylic acids is 1. The number of hydrogen-bond acceptors (Lipinski definition) is 4. The Balaban J connectivity index is 1.72. The van der Waals surface area contributed by atoms with Gasteiger partial charge in [-0.3, -0.25) is 4.79 Å². The van der Waals surface area contributed by atoms with Crippen LogP contribution in [-0.2, 0) is 9.53 Å². The highest BCUT2D eigenvalue weighted by molar-refractivity contribution is 5.77. The summed E-state index contributed by atoms with van der Waals surface area (Å²) in [6, 6.07) is 9.07. The number of nitrogens with one attached hydrogen (secondary N) is 1. The summed E-state index contributed by atoms with van der Waals surface area (Å²) < 4.78 is 5.03. The molecule has 0 spiro atoms. The van der Waals surface area contributed by atoms with E-state index in [9.17, 15) is 9.90 Å². The second-order valence-electron chi connectivity index (χ2n) is 7.90. The van der Waals surface area contributed by atoms with Crippen molar-refractivity contribution in [1.82, 2.24) is 10.2 Å². The second kappa shape index (κ2) is 9.00. The van der Waals surface area contributed by atoms with Gasteiger partial charge in [0.15, 0.2) is 0 Å². The number of hydrogen-bond donors (Lipinski definition) is 2. The summed E-state index contributed by atoms with van der Waals surface area (Å²) in [5.41, 5.74) is 3.97. The lowest BCUT2D eigenvalue weighted by Crippen LogP contribution is -2.65. The third kappa shape index (κ3) is 4.42. The van der Waals surface area contributed by atoms with Gasteiger partial charge in [0.1, 0.15) is 6.61 Å². The first-order valence-electron chi connectivity index (χ1n) is 9.99. The smallest absolute Gasteiger partial charge is 0.248 e. The number of methoxy groups -OCH3 is 1. The van der Waals surface area contributed by atoms with Gasteiger partial charge in [0.25, 0.3) is 0 Å². The number of nitrogens with zero attached hydrogens (tertiary/aromatic N) is 1. The monoisotopic (exact) mass is 372 g/mol. The van der Waals surface area contributed by atoms with Gasteiger partial charge in [0.05, 0.1) is 6.61 Å². The van der Waals surface area contributed by atoms with Gasteiger partial charge < -0.3 is 20.1 Å². The lowest BCUT2D eigenvalue weighted by atomic mass is 9.77. The molecule has 148 valence electrons. The van der Waals surface area contributed by atoms with Crippen molar-refractivity contribution in [3.05, 3.63) is 41.5 Å². The Hall–Kier alpha value is -1.69. The molecule has 1 aromatic rings. The topological polar surface area (TPSA) is 61.8 Å². The first-order chi connectivity index (χ1) is 13.0. The summed E-state index contributed by atoms with van der Waals surface area (Å²) in [7, 11) is 1.55. The number of ether oxygens (including phenoxy) is 1. The molecule has 2 aliphatic rings. The molecule has 0 saturated carbocycles. The maximum absolute atomic E-state index is 12.4. The van der Waals surface area contributed by atoms with E-state index in [2.05, 4.69) is 35.7 Å². The highest BCUT2D eigenvalue weighted by atomic mass is 16.5. The van der Waals surface area contributed by atoms with Crippen molar-refractivity contribution >= 4 is 11.5 Å². The molecule has 1 saturated heterocycles. The largest absolute Gasteiger partial charge is 0.395 e. The first-order valence-corrected chi connectivity index (χ1v) is 9.99. The summed E-state index contributed by atoms with van der Waals surface area (Å²) in [5.74, 6) is 0.210. The van der Waals surface area contributed by atoms with Crippen molar-refractivity contribution in [3.63, 3.8) is 0 Å². The highest BCUT2D eigenvalue weighted by Crippen LogP contribution is 2.35. The molecule has 1 aliphatic heterocycles. The van der Waals surface area contributed by atoms with Crippen molar-refractivity contribution in [3.8, 4) is 0 Å². The van der Waals surface area contributed by atoms with Crippen LogP contribution in [0.4, 0.5) is 0 Å². The fourth-order valence-electron chi connectivity index (χ4n) is 4.31. The standard InChI is InChI=1S/C22H32N2O3/c1-15(2)24(21(26)14-27-3)12-19-22(20(13-25)23-19)18-10-8-17(9-11-18)16-6-4-5-7-16/h6,8-11,15,19-20,22-23,25H,4-5,7,12-14H2,1-3H3/t19-,20+,22-/m1/s1. The Morgan fingerprint density at radius 2 is 2.04 bits per heavy atom. The number of aliphatic hydroxyl groups excluding tert-OH is 1. The molecule has 1 amide bonds. The van der Waals surface area contributed by atoms with E-state index in [1.54, 1.807) is 7.11 Å². The van der Waals surface area contributed by atoms with Gasteiger partial charge in [-0.15, -0.1) is 0 Å². The number of benzene rings is 1. The fourth-order valence-corrected chi connectivity index (χ4v) is 4.31. The Morgan fingerprint density at radius 3 is 2.59 bits per heavy atom. The average Bonchev–Trinajstić information content (AvgIpc) is 3.16. The molecule has 0 unspecified atom stereocenters.